The Morgan fingerprint density at radius 2 is 1.58 bits per heavy atom. The van der Waals surface area contributed by atoms with Crippen molar-refractivity contribution in [3.63, 3.8) is 0 Å². The zero-order chi connectivity index (χ0) is 10.1. The lowest BCUT2D eigenvalue weighted by molar-refractivity contribution is 0.172. The molecule has 0 aliphatic carbocycles. The molecule has 0 aliphatic heterocycles. The second-order valence-corrected chi connectivity index (χ2v) is 3.32. The van der Waals surface area contributed by atoms with Crippen molar-refractivity contribution >= 4 is 0 Å². The summed E-state index contributed by atoms with van der Waals surface area (Å²) in [6.45, 7) is 11.6. The monoisotopic (exact) mass is 175 g/mol. The fraction of sp³-hybridized carbons (Fsp3) is 1.00. The molecule has 12 heavy (non-hydrogen) atoms. The Balaban J connectivity index is 0. The van der Waals surface area contributed by atoms with Crippen molar-refractivity contribution in [2.75, 3.05) is 20.2 Å². The van der Waals surface area contributed by atoms with E-state index in [1.165, 1.54) is 0 Å². The van der Waals surface area contributed by atoms with Gasteiger partial charge in [0.2, 0.25) is 0 Å². The molecule has 76 valence electrons. The third-order valence-electron chi connectivity index (χ3n) is 1.79. The molecule has 0 saturated heterocycles. The summed E-state index contributed by atoms with van der Waals surface area (Å²) in [5.41, 5.74) is 0. The summed E-state index contributed by atoms with van der Waals surface area (Å²) >= 11 is 0. The van der Waals surface area contributed by atoms with Crippen molar-refractivity contribution in [3.05, 3.63) is 0 Å². The summed E-state index contributed by atoms with van der Waals surface area (Å²) in [5, 5.41) is 8.74. The lowest BCUT2D eigenvalue weighted by Crippen LogP contribution is -2.31. The molecule has 1 unspecified atom stereocenters. The van der Waals surface area contributed by atoms with Gasteiger partial charge in [0.15, 0.2) is 0 Å². The van der Waals surface area contributed by atoms with E-state index < -0.39 is 0 Å². The Hall–Kier alpha value is -0.0800. The first kappa shape index (κ1) is 14.4. The van der Waals surface area contributed by atoms with E-state index in [0.29, 0.717) is 12.0 Å². The second-order valence-electron chi connectivity index (χ2n) is 3.32. The van der Waals surface area contributed by atoms with Crippen molar-refractivity contribution in [1.82, 2.24) is 4.90 Å². The Kier molecular flexibility index (Phi) is 10.8. The minimum absolute atomic E-state index is 0.289. The average Bonchev–Trinajstić information content (AvgIpc) is 2.07. The minimum atomic E-state index is 0.289. The van der Waals surface area contributed by atoms with Crippen molar-refractivity contribution in [3.8, 4) is 0 Å². The van der Waals surface area contributed by atoms with Crippen LogP contribution in [0.2, 0.25) is 0 Å². The molecule has 2 heteroatoms. The molecule has 0 amide bonds. The van der Waals surface area contributed by atoms with Crippen LogP contribution in [0.5, 0.6) is 0 Å². The molecule has 0 aliphatic rings. The van der Waals surface area contributed by atoms with Crippen LogP contribution in [0.4, 0.5) is 0 Å². The van der Waals surface area contributed by atoms with E-state index in [1.54, 1.807) is 0 Å². The Morgan fingerprint density at radius 3 is 1.83 bits per heavy atom. The molecular weight excluding hydrogens is 150 g/mol. The molecule has 1 N–H and O–H groups in total. The number of aliphatic hydroxyl groups is 1. The number of nitrogens with zero attached hydrogens (tertiary/aromatic N) is 1. The molecule has 0 bridgehead atoms. The summed E-state index contributed by atoms with van der Waals surface area (Å²) in [5.74, 6) is 0.396. The molecular formula is C10H25NO. The van der Waals surface area contributed by atoms with Crippen LogP contribution in [0.25, 0.3) is 0 Å². The molecule has 0 fully saturated rings. The van der Waals surface area contributed by atoms with E-state index >= 15 is 0 Å². The number of hydrogen-bond donors (Lipinski definition) is 1. The van der Waals surface area contributed by atoms with E-state index in [1.807, 2.05) is 13.8 Å². The highest BCUT2D eigenvalue weighted by atomic mass is 16.3. The predicted molar refractivity (Wildman–Crippen MR) is 55.4 cm³/mol. The lowest BCUT2D eigenvalue weighted by atomic mass is 10.2. The molecule has 1 atom stereocenters. The molecule has 0 rings (SSSR count). The highest BCUT2D eigenvalue weighted by Crippen LogP contribution is 1.99. The van der Waals surface area contributed by atoms with Gasteiger partial charge in [0.05, 0.1) is 0 Å². The van der Waals surface area contributed by atoms with Gasteiger partial charge in [-0.05, 0) is 26.8 Å². The van der Waals surface area contributed by atoms with Gasteiger partial charge in [-0.1, -0.05) is 20.8 Å². The van der Waals surface area contributed by atoms with E-state index in [9.17, 15) is 0 Å². The van der Waals surface area contributed by atoms with Crippen molar-refractivity contribution in [2.24, 2.45) is 5.92 Å². The van der Waals surface area contributed by atoms with E-state index in [4.69, 9.17) is 5.11 Å². The smallest absolute Gasteiger partial charge is 0.0468 e. The maximum absolute atomic E-state index is 8.74. The van der Waals surface area contributed by atoms with Crippen LogP contribution in [0, 0.1) is 5.92 Å². The fourth-order valence-electron chi connectivity index (χ4n) is 0.760. The zero-order valence-corrected chi connectivity index (χ0v) is 9.46. The first-order valence-corrected chi connectivity index (χ1v) is 4.89. The molecule has 0 aromatic heterocycles. The number of aliphatic hydroxyl groups excluding tert-OH is 1. The summed E-state index contributed by atoms with van der Waals surface area (Å²) in [6.07, 6.45) is 0. The van der Waals surface area contributed by atoms with E-state index in [-0.39, 0.29) is 6.61 Å². The first-order chi connectivity index (χ1) is 5.57. The molecule has 0 heterocycles. The van der Waals surface area contributed by atoms with Gasteiger partial charge in [-0.25, -0.2) is 0 Å². The minimum Gasteiger partial charge on any atom is -0.396 e. The van der Waals surface area contributed by atoms with Crippen LogP contribution in [0.15, 0.2) is 0 Å². The summed E-state index contributed by atoms with van der Waals surface area (Å²) in [7, 11) is 2.08. The standard InChI is InChI=1S/C8H19NO.C2H6/c1-7(2)9(4)5-8(3)6-10;1-2/h7-8,10H,5-6H2,1-4H3;1-2H3. The van der Waals surface area contributed by atoms with Crippen molar-refractivity contribution < 1.29 is 5.11 Å². The van der Waals surface area contributed by atoms with Gasteiger partial charge in [0.1, 0.15) is 0 Å². The largest absolute Gasteiger partial charge is 0.396 e. The van der Waals surface area contributed by atoms with Gasteiger partial charge >= 0.3 is 0 Å². The topological polar surface area (TPSA) is 23.5 Å². The van der Waals surface area contributed by atoms with Gasteiger partial charge in [-0.3, -0.25) is 0 Å². The average molecular weight is 175 g/mol. The maximum Gasteiger partial charge on any atom is 0.0468 e. The van der Waals surface area contributed by atoms with Crippen LogP contribution >= 0.6 is 0 Å². The summed E-state index contributed by atoms with van der Waals surface area (Å²) < 4.78 is 0. The van der Waals surface area contributed by atoms with Gasteiger partial charge < -0.3 is 10.0 Å². The molecule has 0 radical (unpaired) electrons. The molecule has 0 aromatic carbocycles. The number of hydrogen-bond acceptors (Lipinski definition) is 2. The van der Waals surface area contributed by atoms with E-state index in [0.717, 1.165) is 6.54 Å². The fourth-order valence-corrected chi connectivity index (χ4v) is 0.760. The van der Waals surface area contributed by atoms with Gasteiger partial charge in [0, 0.05) is 19.2 Å². The third kappa shape index (κ3) is 8.02. The summed E-state index contributed by atoms with van der Waals surface area (Å²) in [6, 6.07) is 0.578. The second kappa shape index (κ2) is 9.01. The Labute approximate surface area is 77.6 Å². The van der Waals surface area contributed by atoms with Gasteiger partial charge in [-0.2, -0.15) is 0 Å². The lowest BCUT2D eigenvalue weighted by Gasteiger charge is -2.23. The highest BCUT2D eigenvalue weighted by molar-refractivity contribution is 4.60. The predicted octanol–water partition coefficient (Wildman–Crippen LogP) is 1.98. The van der Waals surface area contributed by atoms with E-state index in [2.05, 4.69) is 32.7 Å². The third-order valence-corrected chi connectivity index (χ3v) is 1.79. The Morgan fingerprint density at radius 1 is 1.17 bits per heavy atom. The van der Waals surface area contributed by atoms with Crippen LogP contribution in [-0.2, 0) is 0 Å². The summed E-state index contributed by atoms with van der Waals surface area (Å²) in [4.78, 5) is 2.24. The quantitative estimate of drug-likeness (QED) is 0.706. The van der Waals surface area contributed by atoms with Crippen molar-refractivity contribution in [1.29, 1.82) is 0 Å². The first-order valence-electron chi connectivity index (χ1n) is 4.89. The SMILES string of the molecule is CC.CC(CO)CN(C)C(C)C. The number of rotatable bonds is 4. The molecule has 0 spiro atoms. The van der Waals surface area contributed by atoms with Gasteiger partial charge in [-0.15, -0.1) is 0 Å². The normalized spacial score (nSPS) is 12.8. The molecule has 0 aromatic rings. The highest BCUT2D eigenvalue weighted by Gasteiger charge is 2.06. The van der Waals surface area contributed by atoms with Gasteiger partial charge in [0.25, 0.3) is 0 Å². The molecule has 0 saturated carbocycles. The Bertz CT molecular complexity index is 83.9. The van der Waals surface area contributed by atoms with Crippen LogP contribution in [0.1, 0.15) is 34.6 Å². The van der Waals surface area contributed by atoms with Crippen LogP contribution in [-0.4, -0.2) is 36.2 Å². The molecule has 2 nitrogen and oxygen atoms in total. The zero-order valence-electron chi connectivity index (χ0n) is 9.46. The van der Waals surface area contributed by atoms with Crippen LogP contribution in [0.3, 0.4) is 0 Å². The van der Waals surface area contributed by atoms with Crippen LogP contribution < -0.4 is 0 Å². The maximum atomic E-state index is 8.74. The van der Waals surface area contributed by atoms with Crippen molar-refractivity contribution in [2.45, 2.75) is 40.7 Å².